The molecular weight excluding hydrogens is 311 g/mol. The van der Waals surface area contributed by atoms with Crippen LogP contribution in [0.4, 0.5) is 18.9 Å². The Bertz CT molecular complexity index is 916. The van der Waals surface area contributed by atoms with Crippen molar-refractivity contribution in [2.75, 3.05) is 0 Å². The summed E-state index contributed by atoms with van der Waals surface area (Å²) in [5, 5.41) is 15.6. The maximum atomic E-state index is 12.9. The van der Waals surface area contributed by atoms with Gasteiger partial charge in [-0.1, -0.05) is 12.1 Å². The number of rotatable bonds is 2. The Morgan fingerprint density at radius 1 is 1.17 bits per heavy atom. The number of fused-ring (bicyclic) bond motifs is 1. The van der Waals surface area contributed by atoms with E-state index in [1.54, 1.807) is 7.05 Å². The summed E-state index contributed by atoms with van der Waals surface area (Å²) in [7, 11) is 1.63. The number of halogens is 3. The summed E-state index contributed by atoms with van der Waals surface area (Å²) in [6, 6.07) is 8.92. The summed E-state index contributed by atoms with van der Waals surface area (Å²) < 4.78 is 40.1. The van der Waals surface area contributed by atoms with Gasteiger partial charge in [-0.05, 0) is 18.2 Å². The van der Waals surface area contributed by atoms with Gasteiger partial charge in [-0.2, -0.15) is 18.3 Å². The van der Waals surface area contributed by atoms with Crippen molar-refractivity contribution in [3.63, 3.8) is 0 Å². The Hall–Kier alpha value is -2.90. The number of hydrogen-bond acceptors (Lipinski definition) is 3. The van der Waals surface area contributed by atoms with Crippen LogP contribution in [-0.4, -0.2) is 14.7 Å². The highest BCUT2D eigenvalue weighted by Crippen LogP contribution is 2.35. The van der Waals surface area contributed by atoms with E-state index in [-0.39, 0.29) is 16.9 Å². The van der Waals surface area contributed by atoms with Gasteiger partial charge in [0.25, 0.3) is 5.69 Å². The van der Waals surface area contributed by atoms with Gasteiger partial charge in [0.15, 0.2) is 0 Å². The van der Waals surface area contributed by atoms with Gasteiger partial charge in [-0.3, -0.25) is 14.8 Å². The minimum absolute atomic E-state index is 0.140. The van der Waals surface area contributed by atoms with E-state index in [2.05, 4.69) is 5.10 Å². The van der Waals surface area contributed by atoms with Gasteiger partial charge in [0.1, 0.15) is 5.69 Å². The van der Waals surface area contributed by atoms with Gasteiger partial charge in [0, 0.05) is 30.1 Å². The van der Waals surface area contributed by atoms with Crippen LogP contribution in [0.1, 0.15) is 5.56 Å². The molecular formula is C15H10F3N3O2. The molecule has 0 unspecified atom stereocenters. The molecule has 2 aromatic carbocycles. The van der Waals surface area contributed by atoms with E-state index in [9.17, 15) is 23.3 Å². The van der Waals surface area contributed by atoms with Crippen LogP contribution in [0.5, 0.6) is 0 Å². The van der Waals surface area contributed by atoms with E-state index in [1.807, 2.05) is 0 Å². The molecule has 0 aliphatic heterocycles. The molecule has 0 saturated heterocycles. The third kappa shape index (κ3) is 2.63. The predicted octanol–water partition coefficient (Wildman–Crippen LogP) is 4.17. The monoisotopic (exact) mass is 321 g/mol. The molecule has 118 valence electrons. The third-order valence-electron chi connectivity index (χ3n) is 3.51. The van der Waals surface area contributed by atoms with E-state index in [0.29, 0.717) is 10.9 Å². The Kier molecular flexibility index (Phi) is 3.32. The summed E-state index contributed by atoms with van der Waals surface area (Å²) in [6.45, 7) is 0. The smallest absolute Gasteiger partial charge is 0.267 e. The van der Waals surface area contributed by atoms with Crippen LogP contribution in [-0.2, 0) is 13.2 Å². The minimum atomic E-state index is -4.47. The molecule has 0 bridgehead atoms. The van der Waals surface area contributed by atoms with E-state index < -0.39 is 16.7 Å². The van der Waals surface area contributed by atoms with E-state index in [1.165, 1.54) is 35.0 Å². The van der Waals surface area contributed by atoms with Crippen LogP contribution in [0.3, 0.4) is 0 Å². The largest absolute Gasteiger partial charge is 0.416 e. The van der Waals surface area contributed by atoms with Crippen LogP contribution in [0.25, 0.3) is 22.2 Å². The molecule has 3 rings (SSSR count). The molecule has 3 aromatic rings. The van der Waals surface area contributed by atoms with Crippen LogP contribution < -0.4 is 0 Å². The number of nitro benzene ring substituents is 1. The van der Waals surface area contributed by atoms with Crippen molar-refractivity contribution >= 4 is 16.6 Å². The first kappa shape index (κ1) is 15.0. The van der Waals surface area contributed by atoms with Gasteiger partial charge in [0.2, 0.25) is 0 Å². The normalized spacial score (nSPS) is 11.8. The van der Waals surface area contributed by atoms with Crippen molar-refractivity contribution in [1.82, 2.24) is 9.78 Å². The zero-order valence-corrected chi connectivity index (χ0v) is 11.8. The lowest BCUT2D eigenvalue weighted by Gasteiger charge is -2.07. The molecule has 8 heteroatoms. The molecule has 23 heavy (non-hydrogen) atoms. The average molecular weight is 321 g/mol. The quantitative estimate of drug-likeness (QED) is 0.526. The number of nitro groups is 1. The van der Waals surface area contributed by atoms with Crippen molar-refractivity contribution in [2.24, 2.45) is 7.05 Å². The Labute approximate surface area is 128 Å². The molecule has 0 amide bonds. The van der Waals surface area contributed by atoms with Gasteiger partial charge in [0.05, 0.1) is 16.0 Å². The number of hydrogen-bond donors (Lipinski definition) is 0. The minimum Gasteiger partial charge on any atom is -0.267 e. The van der Waals surface area contributed by atoms with Crippen molar-refractivity contribution in [3.8, 4) is 11.3 Å². The van der Waals surface area contributed by atoms with Gasteiger partial charge >= 0.3 is 6.18 Å². The molecule has 0 aliphatic rings. The lowest BCUT2D eigenvalue weighted by molar-refractivity contribution is -0.384. The SMILES string of the molecule is Cn1nc(-c2cccc(C(F)(F)F)c2)c2cc([N+](=O)[O-])ccc21. The lowest BCUT2D eigenvalue weighted by atomic mass is 10.0. The number of non-ortho nitro benzene ring substituents is 1. The second kappa shape index (κ2) is 5.08. The highest BCUT2D eigenvalue weighted by molar-refractivity contribution is 5.94. The van der Waals surface area contributed by atoms with E-state index >= 15 is 0 Å². The first-order valence-corrected chi connectivity index (χ1v) is 6.56. The maximum absolute atomic E-state index is 12.9. The first-order valence-electron chi connectivity index (χ1n) is 6.56. The molecule has 0 spiro atoms. The fraction of sp³-hybridized carbons (Fsp3) is 0.133. The Morgan fingerprint density at radius 3 is 2.57 bits per heavy atom. The fourth-order valence-corrected chi connectivity index (χ4v) is 2.42. The van der Waals surface area contributed by atoms with Crippen molar-refractivity contribution < 1.29 is 18.1 Å². The number of aryl methyl sites for hydroxylation is 1. The molecule has 5 nitrogen and oxygen atoms in total. The van der Waals surface area contributed by atoms with Gasteiger partial charge < -0.3 is 0 Å². The van der Waals surface area contributed by atoms with Crippen molar-refractivity contribution in [1.29, 1.82) is 0 Å². The van der Waals surface area contributed by atoms with Crippen LogP contribution in [0.15, 0.2) is 42.5 Å². The first-order chi connectivity index (χ1) is 10.8. The molecule has 0 aliphatic carbocycles. The highest BCUT2D eigenvalue weighted by atomic mass is 19.4. The maximum Gasteiger partial charge on any atom is 0.416 e. The van der Waals surface area contributed by atoms with E-state index in [4.69, 9.17) is 0 Å². The Balaban J connectivity index is 2.24. The Morgan fingerprint density at radius 2 is 1.91 bits per heavy atom. The lowest BCUT2D eigenvalue weighted by Crippen LogP contribution is -2.04. The number of alkyl halides is 3. The molecule has 0 radical (unpaired) electrons. The van der Waals surface area contributed by atoms with Crippen LogP contribution in [0.2, 0.25) is 0 Å². The van der Waals surface area contributed by atoms with Crippen LogP contribution in [0, 0.1) is 10.1 Å². The van der Waals surface area contributed by atoms with Gasteiger partial charge in [-0.25, -0.2) is 0 Å². The molecule has 0 N–H and O–H groups in total. The zero-order valence-electron chi connectivity index (χ0n) is 11.8. The zero-order chi connectivity index (χ0) is 16.8. The molecule has 0 saturated carbocycles. The summed E-state index contributed by atoms with van der Waals surface area (Å²) in [6.07, 6.45) is -4.47. The number of benzene rings is 2. The second-order valence-corrected chi connectivity index (χ2v) is 5.01. The number of aromatic nitrogens is 2. The topological polar surface area (TPSA) is 61.0 Å². The molecule has 0 atom stereocenters. The van der Waals surface area contributed by atoms with Crippen molar-refractivity contribution in [2.45, 2.75) is 6.18 Å². The number of nitrogens with zero attached hydrogens (tertiary/aromatic N) is 3. The van der Waals surface area contributed by atoms with Crippen molar-refractivity contribution in [3.05, 3.63) is 58.1 Å². The fourth-order valence-electron chi connectivity index (χ4n) is 2.42. The predicted molar refractivity (Wildman–Crippen MR) is 77.8 cm³/mol. The molecule has 1 heterocycles. The second-order valence-electron chi connectivity index (χ2n) is 5.01. The standard InChI is InChI=1S/C15H10F3N3O2/c1-20-13-6-5-11(21(22)23)8-12(13)14(19-20)9-3-2-4-10(7-9)15(16,17)18/h2-8H,1H3. The summed E-state index contributed by atoms with van der Waals surface area (Å²) in [5.74, 6) is 0. The summed E-state index contributed by atoms with van der Waals surface area (Å²) in [4.78, 5) is 10.4. The third-order valence-corrected chi connectivity index (χ3v) is 3.51. The molecule has 1 aromatic heterocycles. The highest BCUT2D eigenvalue weighted by Gasteiger charge is 2.30. The summed E-state index contributed by atoms with van der Waals surface area (Å²) in [5.41, 5.74) is 0.198. The summed E-state index contributed by atoms with van der Waals surface area (Å²) >= 11 is 0. The van der Waals surface area contributed by atoms with E-state index in [0.717, 1.165) is 12.1 Å². The molecule has 0 fully saturated rings. The average Bonchev–Trinajstić information content (AvgIpc) is 2.83. The van der Waals surface area contributed by atoms with Crippen LogP contribution >= 0.6 is 0 Å². The van der Waals surface area contributed by atoms with Gasteiger partial charge in [-0.15, -0.1) is 0 Å².